The van der Waals surface area contributed by atoms with E-state index in [4.69, 9.17) is 27.9 Å². The van der Waals surface area contributed by atoms with Crippen molar-refractivity contribution >= 4 is 46.7 Å². The van der Waals surface area contributed by atoms with Crippen molar-refractivity contribution in [3.63, 3.8) is 0 Å². The molecule has 1 aliphatic heterocycles. The van der Waals surface area contributed by atoms with Gasteiger partial charge in [-0.1, -0.05) is 29.3 Å². The van der Waals surface area contributed by atoms with Gasteiger partial charge in [0.25, 0.3) is 5.95 Å². The third-order valence-corrected chi connectivity index (χ3v) is 5.25. The Morgan fingerprint density at radius 1 is 1.03 bits per heavy atom. The van der Waals surface area contributed by atoms with Crippen molar-refractivity contribution < 1.29 is 22.6 Å². The van der Waals surface area contributed by atoms with Crippen LogP contribution >= 0.6 is 23.2 Å². The maximum atomic E-state index is 12.4. The van der Waals surface area contributed by atoms with E-state index >= 15 is 0 Å². The molecule has 3 aromatic rings. The Morgan fingerprint density at radius 3 is 2.46 bits per heavy atom. The average Bonchev–Trinajstić information content (AvgIpc) is 2.81. The van der Waals surface area contributed by atoms with Gasteiger partial charge < -0.3 is 19.7 Å². The minimum atomic E-state index is -4.77. The Kier molecular flexibility index (Phi) is 7.83. The molecule has 0 saturated carbocycles. The second-order valence-corrected chi connectivity index (χ2v) is 8.03. The van der Waals surface area contributed by atoms with Gasteiger partial charge in [-0.25, -0.2) is 0 Å². The summed E-state index contributed by atoms with van der Waals surface area (Å²) in [7, 11) is 0. The number of rotatable bonds is 7. The van der Waals surface area contributed by atoms with Gasteiger partial charge in [-0.15, -0.1) is 18.3 Å². The van der Waals surface area contributed by atoms with Crippen LogP contribution in [-0.4, -0.2) is 47.6 Å². The highest BCUT2D eigenvalue weighted by Gasteiger charge is 2.31. The molecule has 1 saturated heterocycles. The van der Waals surface area contributed by atoms with E-state index < -0.39 is 6.36 Å². The maximum Gasteiger partial charge on any atom is 0.573 e. The summed E-state index contributed by atoms with van der Waals surface area (Å²) in [5, 5.41) is 12.2. The van der Waals surface area contributed by atoms with E-state index in [2.05, 4.69) is 35.2 Å². The van der Waals surface area contributed by atoms with Crippen LogP contribution in [0.2, 0.25) is 10.0 Å². The highest BCUT2D eigenvalue weighted by Crippen LogP contribution is 2.26. The quantitative estimate of drug-likeness (QED) is 0.379. The summed E-state index contributed by atoms with van der Waals surface area (Å²) in [6, 6.07) is 10.2. The number of nitrogens with one attached hydrogen (secondary N) is 1. The summed E-state index contributed by atoms with van der Waals surface area (Å²) in [6.45, 7) is 2.36. The number of ether oxygens (including phenoxy) is 2. The molecule has 4 rings (SSSR count). The molecule has 0 amide bonds. The third kappa shape index (κ3) is 7.38. The Morgan fingerprint density at radius 2 is 1.77 bits per heavy atom. The molecule has 0 unspecified atom stereocenters. The second-order valence-electron chi connectivity index (χ2n) is 7.19. The zero-order valence-electron chi connectivity index (χ0n) is 18.0. The number of morpholine rings is 1. The SMILES string of the molecule is FC(F)(F)Oc1ccc(Nc2nc(N=NCc3ccc(Cl)cc3Cl)nc(N3CCOCC3)n2)cc1. The van der Waals surface area contributed by atoms with Crippen molar-refractivity contribution in [1.82, 2.24) is 15.0 Å². The normalized spacial score (nSPS) is 14.4. The van der Waals surface area contributed by atoms with E-state index in [1.165, 1.54) is 24.3 Å². The van der Waals surface area contributed by atoms with Gasteiger partial charge >= 0.3 is 6.36 Å². The lowest BCUT2D eigenvalue weighted by molar-refractivity contribution is -0.274. The van der Waals surface area contributed by atoms with E-state index in [-0.39, 0.29) is 24.2 Å². The molecule has 1 N–H and O–H groups in total. The fourth-order valence-corrected chi connectivity index (χ4v) is 3.52. The molecule has 0 aliphatic carbocycles. The molecule has 1 aliphatic rings. The molecule has 35 heavy (non-hydrogen) atoms. The number of hydrogen-bond donors (Lipinski definition) is 1. The van der Waals surface area contributed by atoms with E-state index in [0.29, 0.717) is 48.0 Å². The van der Waals surface area contributed by atoms with Crippen LogP contribution in [0.15, 0.2) is 52.7 Å². The fraction of sp³-hybridized carbons (Fsp3) is 0.286. The molecule has 184 valence electrons. The van der Waals surface area contributed by atoms with Crippen LogP contribution in [0, 0.1) is 0 Å². The molecule has 2 heterocycles. The number of aromatic nitrogens is 3. The lowest BCUT2D eigenvalue weighted by atomic mass is 10.2. The number of azo groups is 1. The fourth-order valence-electron chi connectivity index (χ4n) is 3.05. The van der Waals surface area contributed by atoms with Crippen LogP contribution in [0.5, 0.6) is 5.75 Å². The van der Waals surface area contributed by atoms with Gasteiger partial charge in [0.2, 0.25) is 11.9 Å². The van der Waals surface area contributed by atoms with Crippen LogP contribution in [0.4, 0.5) is 36.7 Å². The van der Waals surface area contributed by atoms with Gasteiger partial charge in [0.05, 0.1) is 19.8 Å². The first kappa shape index (κ1) is 24.9. The molecule has 14 heteroatoms. The molecule has 1 aromatic heterocycles. The molecule has 0 atom stereocenters. The maximum absolute atomic E-state index is 12.4. The summed E-state index contributed by atoms with van der Waals surface area (Å²) in [4.78, 5) is 14.9. The van der Waals surface area contributed by atoms with Gasteiger partial charge in [0.1, 0.15) is 5.75 Å². The van der Waals surface area contributed by atoms with Crippen LogP contribution in [0.1, 0.15) is 5.56 Å². The lowest BCUT2D eigenvalue weighted by Gasteiger charge is -2.26. The number of hydrogen-bond acceptors (Lipinski definition) is 9. The smallest absolute Gasteiger partial charge is 0.406 e. The number of anilines is 3. The first-order valence-electron chi connectivity index (χ1n) is 10.3. The Bertz CT molecular complexity index is 1190. The number of alkyl halides is 3. The van der Waals surface area contributed by atoms with Gasteiger partial charge in [0, 0.05) is 28.8 Å². The van der Waals surface area contributed by atoms with Crippen molar-refractivity contribution in [1.29, 1.82) is 0 Å². The van der Waals surface area contributed by atoms with E-state index in [9.17, 15) is 13.2 Å². The largest absolute Gasteiger partial charge is 0.573 e. The number of benzene rings is 2. The molecular weight excluding hydrogens is 510 g/mol. The summed E-state index contributed by atoms with van der Waals surface area (Å²) in [5.41, 5.74) is 1.16. The van der Waals surface area contributed by atoms with E-state index in [1.807, 2.05) is 4.90 Å². The average molecular weight is 528 g/mol. The highest BCUT2D eigenvalue weighted by molar-refractivity contribution is 6.35. The minimum absolute atomic E-state index is 0.0473. The number of halogens is 5. The van der Waals surface area contributed by atoms with Crippen LogP contribution in [0.3, 0.4) is 0 Å². The van der Waals surface area contributed by atoms with Gasteiger partial charge in [-0.05, 0) is 42.0 Å². The van der Waals surface area contributed by atoms with Crippen LogP contribution < -0.4 is 15.0 Å². The highest BCUT2D eigenvalue weighted by atomic mass is 35.5. The Balaban J connectivity index is 1.54. The van der Waals surface area contributed by atoms with E-state index in [0.717, 1.165) is 5.56 Å². The van der Waals surface area contributed by atoms with Gasteiger partial charge in [-0.2, -0.15) is 20.1 Å². The van der Waals surface area contributed by atoms with Crippen molar-refractivity contribution in [3.05, 3.63) is 58.1 Å². The molecule has 0 radical (unpaired) electrons. The Hall–Kier alpha value is -3.22. The molecular formula is C21H18Cl2F3N7O2. The molecule has 2 aromatic carbocycles. The lowest BCUT2D eigenvalue weighted by Crippen LogP contribution is -2.37. The summed E-state index contributed by atoms with van der Waals surface area (Å²) < 4.78 is 46.4. The summed E-state index contributed by atoms with van der Waals surface area (Å²) in [6.07, 6.45) is -4.77. The second kappa shape index (κ2) is 11.0. The monoisotopic (exact) mass is 527 g/mol. The van der Waals surface area contributed by atoms with Crippen molar-refractivity contribution in [2.75, 3.05) is 36.5 Å². The standard InChI is InChI=1S/C21H18Cl2F3N7O2/c22-14-2-1-13(17(23)11-14)12-27-32-19-29-18(30-20(31-19)33-7-9-34-10-8-33)28-15-3-5-16(6-4-15)35-21(24,25)26/h1-6,11H,7-10,12H2,(H,28,29,30,31). The van der Waals surface area contributed by atoms with Crippen LogP contribution in [-0.2, 0) is 11.3 Å². The molecule has 9 nitrogen and oxygen atoms in total. The van der Waals surface area contributed by atoms with Gasteiger partial charge in [-0.3, -0.25) is 0 Å². The zero-order chi connectivity index (χ0) is 24.8. The first-order valence-corrected chi connectivity index (χ1v) is 11.0. The molecule has 1 fully saturated rings. The van der Waals surface area contributed by atoms with Crippen molar-refractivity contribution in [2.45, 2.75) is 12.9 Å². The van der Waals surface area contributed by atoms with Gasteiger partial charge in [0.15, 0.2) is 0 Å². The van der Waals surface area contributed by atoms with Crippen LogP contribution in [0.25, 0.3) is 0 Å². The number of nitrogens with zero attached hydrogens (tertiary/aromatic N) is 6. The van der Waals surface area contributed by atoms with Crippen molar-refractivity contribution in [3.8, 4) is 5.75 Å². The minimum Gasteiger partial charge on any atom is -0.406 e. The predicted molar refractivity (Wildman–Crippen MR) is 124 cm³/mol. The van der Waals surface area contributed by atoms with Crippen molar-refractivity contribution in [2.24, 2.45) is 10.2 Å². The topological polar surface area (TPSA) is 97.1 Å². The first-order chi connectivity index (χ1) is 16.7. The molecule has 0 spiro atoms. The zero-order valence-corrected chi connectivity index (χ0v) is 19.5. The predicted octanol–water partition coefficient (Wildman–Crippen LogP) is 5.94. The third-order valence-electron chi connectivity index (χ3n) is 4.67. The molecule has 0 bridgehead atoms. The summed E-state index contributed by atoms with van der Waals surface area (Å²) >= 11 is 12.1. The Labute approximate surface area is 207 Å². The summed E-state index contributed by atoms with van der Waals surface area (Å²) in [5.74, 6) is 0.208. The van der Waals surface area contributed by atoms with E-state index in [1.54, 1.807) is 18.2 Å².